The van der Waals surface area contributed by atoms with Gasteiger partial charge in [0.1, 0.15) is 32.7 Å². The van der Waals surface area contributed by atoms with Crippen molar-refractivity contribution >= 4 is 5.91 Å². The lowest BCUT2D eigenvalue weighted by molar-refractivity contribution is -1.02. The zero-order valence-electron chi connectivity index (χ0n) is 16.0. The summed E-state index contributed by atoms with van der Waals surface area (Å²) in [5, 5.41) is 3.08. The fourth-order valence-electron chi connectivity index (χ4n) is 3.71. The smallest absolute Gasteiger partial charge is 0.275 e. The van der Waals surface area contributed by atoms with Crippen LogP contribution in [-0.2, 0) is 17.9 Å². The van der Waals surface area contributed by atoms with E-state index < -0.39 is 0 Å². The van der Waals surface area contributed by atoms with E-state index >= 15 is 0 Å². The second-order valence-electron chi connectivity index (χ2n) is 7.55. The molecule has 2 aromatic carbocycles. The summed E-state index contributed by atoms with van der Waals surface area (Å²) in [5.74, 6) is 0.158. The van der Waals surface area contributed by atoms with Crippen LogP contribution in [0.2, 0.25) is 0 Å². The summed E-state index contributed by atoms with van der Waals surface area (Å²) in [4.78, 5) is 15.3. The number of rotatable bonds is 6. The van der Waals surface area contributed by atoms with Crippen LogP contribution in [0.1, 0.15) is 22.3 Å². The molecule has 1 aliphatic heterocycles. The number of hydrogen-bond acceptors (Lipinski definition) is 1. The summed E-state index contributed by atoms with van der Waals surface area (Å²) in [6.45, 7) is 10.9. The highest BCUT2D eigenvalue weighted by Gasteiger charge is 2.24. The molecule has 26 heavy (non-hydrogen) atoms. The molecule has 3 N–H and O–H groups in total. The minimum absolute atomic E-state index is 0.158. The quantitative estimate of drug-likeness (QED) is 0.667. The van der Waals surface area contributed by atoms with Gasteiger partial charge in [-0.05, 0) is 25.0 Å². The molecule has 1 amide bonds. The highest BCUT2D eigenvalue weighted by Crippen LogP contribution is 2.05. The molecule has 4 heteroatoms. The lowest BCUT2D eigenvalue weighted by Gasteiger charge is -2.29. The van der Waals surface area contributed by atoms with Crippen molar-refractivity contribution in [2.45, 2.75) is 26.9 Å². The van der Waals surface area contributed by atoms with Gasteiger partial charge >= 0.3 is 0 Å². The number of piperazine rings is 1. The van der Waals surface area contributed by atoms with Crippen LogP contribution in [0.5, 0.6) is 0 Å². The van der Waals surface area contributed by atoms with E-state index in [-0.39, 0.29) is 5.91 Å². The average Bonchev–Trinajstić information content (AvgIpc) is 2.63. The fraction of sp³-hybridized carbons (Fsp3) is 0.409. The predicted molar refractivity (Wildman–Crippen MR) is 104 cm³/mol. The lowest BCUT2D eigenvalue weighted by atomic mass is 10.1. The van der Waals surface area contributed by atoms with Crippen molar-refractivity contribution in [3.63, 3.8) is 0 Å². The number of benzene rings is 2. The van der Waals surface area contributed by atoms with Crippen molar-refractivity contribution in [1.82, 2.24) is 5.32 Å². The molecule has 1 aliphatic rings. The molecule has 4 nitrogen and oxygen atoms in total. The zero-order valence-corrected chi connectivity index (χ0v) is 16.0. The predicted octanol–water partition coefficient (Wildman–Crippen LogP) is -0.0968. The van der Waals surface area contributed by atoms with Crippen LogP contribution in [0.25, 0.3) is 0 Å². The van der Waals surface area contributed by atoms with E-state index in [0.717, 1.165) is 32.7 Å². The van der Waals surface area contributed by atoms with Gasteiger partial charge in [-0.1, -0.05) is 54.1 Å². The van der Waals surface area contributed by atoms with Gasteiger partial charge in [-0.15, -0.1) is 0 Å². The average molecular weight is 354 g/mol. The van der Waals surface area contributed by atoms with E-state index in [0.29, 0.717) is 13.1 Å². The maximum absolute atomic E-state index is 12.3. The van der Waals surface area contributed by atoms with E-state index in [1.807, 2.05) is 12.1 Å². The normalized spacial score (nSPS) is 19.9. The highest BCUT2D eigenvalue weighted by atomic mass is 16.2. The molecule has 3 rings (SSSR count). The first-order valence-corrected chi connectivity index (χ1v) is 9.64. The Balaban J connectivity index is 1.39. The molecule has 0 spiro atoms. The first-order chi connectivity index (χ1) is 12.6. The van der Waals surface area contributed by atoms with Crippen LogP contribution in [0.4, 0.5) is 0 Å². The molecule has 0 saturated carbocycles. The van der Waals surface area contributed by atoms with E-state index in [1.165, 1.54) is 27.2 Å². The number of nitrogens with one attached hydrogen (secondary N) is 3. The molecular formula is C22H31N3O+2. The van der Waals surface area contributed by atoms with E-state index in [4.69, 9.17) is 0 Å². The van der Waals surface area contributed by atoms with E-state index in [9.17, 15) is 4.79 Å². The molecule has 1 heterocycles. The van der Waals surface area contributed by atoms with E-state index in [1.54, 1.807) is 4.90 Å². The fourth-order valence-corrected chi connectivity index (χ4v) is 3.71. The Hall–Kier alpha value is -2.17. The summed E-state index contributed by atoms with van der Waals surface area (Å²) in [7, 11) is 0. The molecule has 1 fully saturated rings. The number of carbonyl (C=O) groups excluding carboxylic acids is 1. The van der Waals surface area contributed by atoms with Gasteiger partial charge in [-0.2, -0.15) is 0 Å². The molecule has 0 aliphatic carbocycles. The number of aryl methyl sites for hydroxylation is 2. The van der Waals surface area contributed by atoms with Gasteiger partial charge in [0, 0.05) is 12.1 Å². The van der Waals surface area contributed by atoms with Crippen molar-refractivity contribution in [2.75, 3.05) is 32.7 Å². The van der Waals surface area contributed by atoms with Crippen LogP contribution in [0.15, 0.2) is 48.5 Å². The van der Waals surface area contributed by atoms with Crippen molar-refractivity contribution in [3.05, 3.63) is 70.8 Å². The highest BCUT2D eigenvalue weighted by molar-refractivity contribution is 5.76. The molecular weight excluding hydrogens is 322 g/mol. The molecule has 2 aromatic rings. The number of amides is 1. The Morgan fingerprint density at radius 2 is 1.69 bits per heavy atom. The molecule has 1 saturated heterocycles. The lowest BCUT2D eigenvalue weighted by Crippen LogP contribution is -3.28. The Kier molecular flexibility index (Phi) is 6.42. The molecule has 138 valence electrons. The molecule has 0 unspecified atom stereocenters. The van der Waals surface area contributed by atoms with Crippen LogP contribution < -0.4 is 15.1 Å². The Labute approximate surface area is 156 Å². The van der Waals surface area contributed by atoms with Gasteiger partial charge in [0.2, 0.25) is 0 Å². The third-order valence-electron chi connectivity index (χ3n) is 5.35. The SMILES string of the molecule is Cc1cccc(C[NH+]2CC[NH+](CC(=O)NCc3ccccc3C)CC2)c1. The van der Waals surface area contributed by atoms with Crippen LogP contribution in [0.3, 0.4) is 0 Å². The first-order valence-electron chi connectivity index (χ1n) is 9.64. The number of hydrogen-bond donors (Lipinski definition) is 3. The standard InChI is InChI=1S/C22H29N3O/c1-18-6-5-8-20(14-18)16-24-10-12-25(13-11-24)17-22(26)23-15-21-9-4-3-7-19(21)2/h3-9,14H,10-13,15-17H2,1-2H3,(H,23,26)/p+2. The number of quaternary nitrogens is 2. The third-order valence-corrected chi connectivity index (χ3v) is 5.35. The van der Waals surface area contributed by atoms with Crippen LogP contribution in [-0.4, -0.2) is 38.6 Å². The second-order valence-corrected chi connectivity index (χ2v) is 7.55. The van der Waals surface area contributed by atoms with Crippen molar-refractivity contribution in [3.8, 4) is 0 Å². The topological polar surface area (TPSA) is 38.0 Å². The molecule has 0 aromatic heterocycles. The molecule has 0 radical (unpaired) electrons. The maximum atomic E-state index is 12.3. The summed E-state index contributed by atoms with van der Waals surface area (Å²) >= 11 is 0. The third kappa shape index (κ3) is 5.41. The summed E-state index contributed by atoms with van der Waals surface area (Å²) < 4.78 is 0. The Bertz CT molecular complexity index is 736. The minimum Gasteiger partial charge on any atom is -0.347 e. The summed E-state index contributed by atoms with van der Waals surface area (Å²) in [5.41, 5.74) is 5.17. The van der Waals surface area contributed by atoms with Gasteiger partial charge in [0.25, 0.3) is 5.91 Å². The maximum Gasteiger partial charge on any atom is 0.275 e. The van der Waals surface area contributed by atoms with Crippen molar-refractivity contribution in [2.24, 2.45) is 0 Å². The van der Waals surface area contributed by atoms with Gasteiger partial charge in [-0.3, -0.25) is 4.79 Å². The van der Waals surface area contributed by atoms with Crippen LogP contribution >= 0.6 is 0 Å². The Morgan fingerprint density at radius 1 is 0.962 bits per heavy atom. The first kappa shape index (κ1) is 18.6. The summed E-state index contributed by atoms with van der Waals surface area (Å²) in [6.07, 6.45) is 0. The van der Waals surface area contributed by atoms with Crippen LogP contribution in [0, 0.1) is 13.8 Å². The second kappa shape index (κ2) is 8.97. The Morgan fingerprint density at radius 3 is 2.42 bits per heavy atom. The van der Waals surface area contributed by atoms with Gasteiger partial charge < -0.3 is 15.1 Å². The summed E-state index contributed by atoms with van der Waals surface area (Å²) in [6, 6.07) is 17.0. The van der Waals surface area contributed by atoms with Crippen molar-refractivity contribution in [1.29, 1.82) is 0 Å². The molecule has 0 bridgehead atoms. The largest absolute Gasteiger partial charge is 0.347 e. The monoisotopic (exact) mass is 353 g/mol. The molecule has 0 atom stereocenters. The van der Waals surface area contributed by atoms with Gasteiger partial charge in [0.05, 0.1) is 0 Å². The van der Waals surface area contributed by atoms with E-state index in [2.05, 4.69) is 55.6 Å². The van der Waals surface area contributed by atoms with Gasteiger partial charge in [0.15, 0.2) is 6.54 Å². The zero-order chi connectivity index (χ0) is 18.4. The number of carbonyl (C=O) groups is 1. The van der Waals surface area contributed by atoms with Crippen molar-refractivity contribution < 1.29 is 14.6 Å². The minimum atomic E-state index is 0.158. The van der Waals surface area contributed by atoms with Gasteiger partial charge in [-0.25, -0.2) is 0 Å².